The molecule has 4 rings (SSSR count). The zero-order chi connectivity index (χ0) is 20.9. The number of phenols is 1. The quantitative estimate of drug-likeness (QED) is 0.649. The minimum Gasteiger partial charge on any atom is -0.508 e. The van der Waals surface area contributed by atoms with Crippen molar-refractivity contribution < 1.29 is 14.7 Å². The Morgan fingerprint density at radius 2 is 1.69 bits per heavy atom. The first kappa shape index (κ1) is 20.0. The number of Topliss-reactive ketones (excluding diaryl/α,β-unsaturated/α-hetero) is 1. The van der Waals surface area contributed by atoms with Crippen LogP contribution in [-0.4, -0.2) is 16.8 Å². The predicted octanol–water partition coefficient (Wildman–Crippen LogP) is 5.86. The number of halogens is 2. The number of allylic oxidation sites excluding steroid dienone is 2. The Kier molecular flexibility index (Phi) is 4.96. The van der Waals surface area contributed by atoms with Crippen LogP contribution in [0.4, 0.5) is 5.69 Å². The molecule has 1 N–H and O–H groups in total. The van der Waals surface area contributed by atoms with Gasteiger partial charge in [0.25, 0.3) is 0 Å². The minimum absolute atomic E-state index is 0.0619. The number of hydrogen-bond donors (Lipinski definition) is 1. The topological polar surface area (TPSA) is 57.6 Å². The van der Waals surface area contributed by atoms with Crippen LogP contribution in [0, 0.1) is 5.41 Å². The molecule has 0 spiro atoms. The first-order valence-electron chi connectivity index (χ1n) is 9.49. The van der Waals surface area contributed by atoms with Gasteiger partial charge >= 0.3 is 0 Å². The van der Waals surface area contributed by atoms with Crippen molar-refractivity contribution >= 4 is 40.6 Å². The molecule has 29 heavy (non-hydrogen) atoms. The fraction of sp³-hybridized carbons (Fsp3) is 0.304. The van der Waals surface area contributed by atoms with Crippen LogP contribution in [0.15, 0.2) is 53.7 Å². The van der Waals surface area contributed by atoms with Gasteiger partial charge in [-0.25, -0.2) is 0 Å². The van der Waals surface area contributed by atoms with Crippen LogP contribution in [0.1, 0.15) is 44.6 Å². The lowest BCUT2D eigenvalue weighted by Crippen LogP contribution is -2.43. The van der Waals surface area contributed by atoms with Gasteiger partial charge in [0.1, 0.15) is 5.75 Å². The SMILES string of the molecule is CC1(C)CC(=O)C2=C(C1)N(c1ccc(Cl)c(Cl)c1)C(=O)CC2c1ccc(O)cc1. The van der Waals surface area contributed by atoms with E-state index in [-0.39, 0.29) is 35.2 Å². The second kappa shape index (κ2) is 7.19. The Morgan fingerprint density at radius 3 is 2.34 bits per heavy atom. The summed E-state index contributed by atoms with van der Waals surface area (Å²) in [7, 11) is 0. The summed E-state index contributed by atoms with van der Waals surface area (Å²) in [5, 5.41) is 10.4. The molecule has 2 aliphatic rings. The van der Waals surface area contributed by atoms with E-state index in [9.17, 15) is 14.7 Å². The summed E-state index contributed by atoms with van der Waals surface area (Å²) in [6, 6.07) is 11.8. The second-order valence-corrected chi connectivity index (χ2v) is 9.29. The summed E-state index contributed by atoms with van der Waals surface area (Å²) in [5.74, 6) is -0.197. The highest BCUT2D eigenvalue weighted by Gasteiger charge is 2.44. The zero-order valence-electron chi connectivity index (χ0n) is 16.2. The van der Waals surface area contributed by atoms with E-state index in [1.54, 1.807) is 47.4 Å². The molecule has 1 aliphatic heterocycles. The van der Waals surface area contributed by atoms with Crippen molar-refractivity contribution in [1.29, 1.82) is 0 Å². The molecule has 1 unspecified atom stereocenters. The van der Waals surface area contributed by atoms with Crippen molar-refractivity contribution in [1.82, 2.24) is 0 Å². The van der Waals surface area contributed by atoms with E-state index in [1.807, 2.05) is 13.8 Å². The lowest BCUT2D eigenvalue weighted by Gasteiger charge is -2.43. The summed E-state index contributed by atoms with van der Waals surface area (Å²) in [6.07, 6.45) is 1.22. The molecule has 0 saturated heterocycles. The second-order valence-electron chi connectivity index (χ2n) is 8.48. The number of aromatic hydroxyl groups is 1. The Bertz CT molecular complexity index is 1040. The average Bonchev–Trinajstić information content (AvgIpc) is 2.63. The van der Waals surface area contributed by atoms with Crippen molar-refractivity contribution in [3.63, 3.8) is 0 Å². The molecule has 0 saturated carbocycles. The third-order valence-corrected chi connectivity index (χ3v) is 6.34. The lowest BCUT2D eigenvalue weighted by atomic mass is 9.69. The monoisotopic (exact) mass is 429 g/mol. The van der Waals surface area contributed by atoms with Crippen LogP contribution in [0.5, 0.6) is 5.75 Å². The average molecular weight is 430 g/mol. The van der Waals surface area contributed by atoms with Gasteiger partial charge in [0.15, 0.2) is 5.78 Å². The van der Waals surface area contributed by atoms with E-state index < -0.39 is 0 Å². The van der Waals surface area contributed by atoms with Gasteiger partial charge in [-0.05, 0) is 47.7 Å². The molecule has 4 nitrogen and oxygen atoms in total. The Labute approximate surface area is 179 Å². The van der Waals surface area contributed by atoms with Gasteiger partial charge in [0, 0.05) is 30.0 Å². The van der Waals surface area contributed by atoms with Crippen molar-refractivity contribution in [2.45, 2.75) is 39.0 Å². The molecule has 1 atom stereocenters. The fourth-order valence-corrected chi connectivity index (χ4v) is 4.62. The molecule has 0 fully saturated rings. The molecule has 0 bridgehead atoms. The van der Waals surface area contributed by atoms with Crippen LogP contribution in [0.25, 0.3) is 0 Å². The predicted molar refractivity (Wildman–Crippen MR) is 114 cm³/mol. The maximum absolute atomic E-state index is 13.3. The van der Waals surface area contributed by atoms with Crippen LogP contribution >= 0.6 is 23.2 Å². The van der Waals surface area contributed by atoms with E-state index in [4.69, 9.17) is 23.2 Å². The fourth-order valence-electron chi connectivity index (χ4n) is 4.33. The molecular formula is C23H21Cl2NO3. The standard InChI is InChI=1S/C23H21Cl2NO3/c1-23(2)11-19-22(20(28)12-23)16(13-3-6-15(27)7-4-13)10-21(29)26(19)14-5-8-17(24)18(25)9-14/h3-9,16,27H,10-12H2,1-2H3. The number of rotatable bonds is 2. The molecule has 1 aliphatic carbocycles. The number of nitrogens with zero attached hydrogens (tertiary/aromatic N) is 1. The molecule has 0 aromatic heterocycles. The number of anilines is 1. The first-order chi connectivity index (χ1) is 13.7. The van der Waals surface area contributed by atoms with Gasteiger partial charge in [-0.15, -0.1) is 0 Å². The maximum Gasteiger partial charge on any atom is 0.232 e. The van der Waals surface area contributed by atoms with Crippen LogP contribution in [-0.2, 0) is 9.59 Å². The van der Waals surface area contributed by atoms with E-state index >= 15 is 0 Å². The van der Waals surface area contributed by atoms with Gasteiger partial charge < -0.3 is 5.11 Å². The number of amides is 1. The summed E-state index contributed by atoms with van der Waals surface area (Å²) in [5.41, 5.74) is 2.64. The van der Waals surface area contributed by atoms with E-state index in [2.05, 4.69) is 0 Å². The number of benzene rings is 2. The van der Waals surface area contributed by atoms with E-state index in [1.165, 1.54) is 0 Å². The van der Waals surface area contributed by atoms with Crippen LogP contribution in [0.3, 0.4) is 0 Å². The number of hydrogen-bond acceptors (Lipinski definition) is 3. The number of ketones is 1. The lowest BCUT2D eigenvalue weighted by molar-refractivity contribution is -0.121. The number of carbonyl (C=O) groups excluding carboxylic acids is 2. The molecule has 0 radical (unpaired) electrons. The van der Waals surface area contributed by atoms with Crippen LogP contribution < -0.4 is 4.90 Å². The van der Waals surface area contributed by atoms with Crippen LogP contribution in [0.2, 0.25) is 10.0 Å². The minimum atomic E-state index is -0.319. The van der Waals surface area contributed by atoms with Gasteiger partial charge in [0.05, 0.1) is 15.7 Å². The van der Waals surface area contributed by atoms with E-state index in [0.717, 1.165) is 11.3 Å². The van der Waals surface area contributed by atoms with Crippen molar-refractivity contribution in [2.24, 2.45) is 5.41 Å². The van der Waals surface area contributed by atoms with Gasteiger partial charge in [0.2, 0.25) is 5.91 Å². The maximum atomic E-state index is 13.3. The van der Waals surface area contributed by atoms with Gasteiger partial charge in [-0.2, -0.15) is 0 Å². The summed E-state index contributed by atoms with van der Waals surface area (Å²) in [6.45, 7) is 4.08. The molecule has 2 aromatic rings. The van der Waals surface area contributed by atoms with E-state index in [0.29, 0.717) is 34.1 Å². The molecule has 2 aromatic carbocycles. The van der Waals surface area contributed by atoms with Crippen molar-refractivity contribution in [3.05, 3.63) is 69.3 Å². The third kappa shape index (κ3) is 3.67. The third-order valence-electron chi connectivity index (χ3n) is 5.60. The normalized spacial score (nSPS) is 21.4. The molecule has 6 heteroatoms. The molecule has 1 amide bonds. The van der Waals surface area contributed by atoms with Crippen molar-refractivity contribution in [2.75, 3.05) is 4.90 Å². The Hall–Kier alpha value is -2.30. The first-order valence-corrected chi connectivity index (χ1v) is 10.2. The number of phenolic OH excluding ortho intramolecular Hbond substituents is 1. The summed E-state index contributed by atoms with van der Waals surface area (Å²) >= 11 is 12.3. The highest BCUT2D eigenvalue weighted by Crippen LogP contribution is 2.48. The smallest absolute Gasteiger partial charge is 0.232 e. The summed E-state index contributed by atoms with van der Waals surface area (Å²) < 4.78 is 0. The molecule has 1 heterocycles. The largest absolute Gasteiger partial charge is 0.508 e. The zero-order valence-corrected chi connectivity index (χ0v) is 17.7. The van der Waals surface area contributed by atoms with Gasteiger partial charge in [-0.3, -0.25) is 14.5 Å². The van der Waals surface area contributed by atoms with Crippen molar-refractivity contribution in [3.8, 4) is 5.75 Å². The molecule has 150 valence electrons. The highest BCUT2D eigenvalue weighted by atomic mass is 35.5. The molecular weight excluding hydrogens is 409 g/mol. The highest BCUT2D eigenvalue weighted by molar-refractivity contribution is 6.42. The van der Waals surface area contributed by atoms with Gasteiger partial charge in [-0.1, -0.05) is 49.2 Å². The Morgan fingerprint density at radius 1 is 1.00 bits per heavy atom. The number of carbonyl (C=O) groups is 2. The Balaban J connectivity index is 1.89. The summed E-state index contributed by atoms with van der Waals surface area (Å²) in [4.78, 5) is 28.1.